The van der Waals surface area contributed by atoms with Crippen LogP contribution in [0, 0.1) is 0 Å². The molecular weight excluding hydrogens is 224 g/mol. The van der Waals surface area contributed by atoms with Crippen molar-refractivity contribution in [3.05, 3.63) is 59.9 Å². The normalized spacial score (nSPS) is 11.3. The molecule has 18 heavy (non-hydrogen) atoms. The molecule has 0 amide bonds. The molecule has 0 fully saturated rings. The summed E-state index contributed by atoms with van der Waals surface area (Å²) in [4.78, 5) is 8.37. The molecule has 0 aliphatic rings. The zero-order chi connectivity index (χ0) is 12.8. The largest absolute Gasteiger partial charge is 0.497 e. The summed E-state index contributed by atoms with van der Waals surface area (Å²) in [5.74, 6) is 0.873. The van der Waals surface area contributed by atoms with Gasteiger partial charge in [-0.15, -0.1) is 0 Å². The Morgan fingerprint density at radius 1 is 1.11 bits per heavy atom. The third kappa shape index (κ3) is 2.94. The molecule has 1 heterocycles. The summed E-state index contributed by atoms with van der Waals surface area (Å²) < 4.78 is 5.15. The van der Waals surface area contributed by atoms with Crippen molar-refractivity contribution in [3.63, 3.8) is 0 Å². The van der Waals surface area contributed by atoms with Crippen molar-refractivity contribution in [3.8, 4) is 5.75 Å². The number of hydrogen-bond acceptors (Lipinski definition) is 3. The lowest BCUT2D eigenvalue weighted by Crippen LogP contribution is -2.05. The summed E-state index contributed by atoms with van der Waals surface area (Å²) in [7, 11) is 3.49. The maximum Gasteiger partial charge on any atom is 0.118 e. The van der Waals surface area contributed by atoms with Gasteiger partial charge in [0.25, 0.3) is 0 Å². The van der Waals surface area contributed by atoms with E-state index in [0.29, 0.717) is 0 Å². The minimum absolute atomic E-state index is 0.810. The van der Waals surface area contributed by atoms with Crippen LogP contribution < -0.4 is 4.74 Å². The van der Waals surface area contributed by atoms with Crippen LogP contribution >= 0.6 is 0 Å². The van der Waals surface area contributed by atoms with Crippen molar-refractivity contribution in [2.75, 3.05) is 14.2 Å². The van der Waals surface area contributed by atoms with Crippen molar-refractivity contribution >= 4 is 5.71 Å². The zero-order valence-electron chi connectivity index (χ0n) is 10.6. The van der Waals surface area contributed by atoms with Crippen LogP contribution in [0.15, 0.2) is 53.8 Å². The quantitative estimate of drug-likeness (QED) is 0.770. The highest BCUT2D eigenvalue weighted by Gasteiger charge is 2.04. The number of nitrogens with zero attached hydrogens (tertiary/aromatic N) is 2. The monoisotopic (exact) mass is 240 g/mol. The minimum Gasteiger partial charge on any atom is -0.497 e. The lowest BCUT2D eigenvalue weighted by atomic mass is 10.0. The second-order valence-corrected chi connectivity index (χ2v) is 3.93. The molecule has 0 aliphatic heterocycles. The molecule has 0 unspecified atom stereocenters. The summed E-state index contributed by atoms with van der Waals surface area (Å²) in [5.41, 5.74) is 3.39. The van der Waals surface area contributed by atoms with Gasteiger partial charge in [0.15, 0.2) is 0 Å². The van der Waals surface area contributed by atoms with E-state index < -0.39 is 0 Å². The lowest BCUT2D eigenvalue weighted by molar-refractivity contribution is 0.414. The average molecular weight is 240 g/mol. The summed E-state index contributed by atoms with van der Waals surface area (Å²) in [6.07, 6.45) is 4.38. The maximum absolute atomic E-state index is 5.15. The number of aliphatic imine (C=N–C) groups is 1. The highest BCUT2D eigenvalue weighted by Crippen LogP contribution is 2.13. The van der Waals surface area contributed by atoms with Gasteiger partial charge in [0, 0.05) is 31.6 Å². The molecule has 3 heteroatoms. The van der Waals surface area contributed by atoms with Gasteiger partial charge in [0.1, 0.15) is 5.75 Å². The van der Waals surface area contributed by atoms with Gasteiger partial charge in [0.05, 0.1) is 7.11 Å². The minimum atomic E-state index is 0.810. The third-order valence-electron chi connectivity index (χ3n) is 2.81. The third-order valence-corrected chi connectivity index (χ3v) is 2.81. The Balaban J connectivity index is 2.16. The van der Waals surface area contributed by atoms with Gasteiger partial charge in [-0.25, -0.2) is 0 Å². The Hall–Kier alpha value is -2.16. The number of ether oxygens (including phenoxy) is 1. The van der Waals surface area contributed by atoms with Crippen LogP contribution in [0.3, 0.4) is 0 Å². The van der Waals surface area contributed by atoms with Crippen LogP contribution in [0.4, 0.5) is 0 Å². The zero-order valence-corrected chi connectivity index (χ0v) is 10.6. The van der Waals surface area contributed by atoms with E-state index >= 15 is 0 Å². The fourth-order valence-corrected chi connectivity index (χ4v) is 1.79. The SMILES string of the molecule is CN=C(Cc1ccc(OC)cc1)c1ccncc1. The Morgan fingerprint density at radius 3 is 2.33 bits per heavy atom. The number of hydrogen-bond donors (Lipinski definition) is 0. The molecule has 0 N–H and O–H groups in total. The van der Waals surface area contributed by atoms with Crippen molar-refractivity contribution in [2.24, 2.45) is 4.99 Å². The van der Waals surface area contributed by atoms with Gasteiger partial charge in [-0.3, -0.25) is 9.98 Å². The molecule has 2 aromatic rings. The Morgan fingerprint density at radius 2 is 1.78 bits per heavy atom. The first-order valence-corrected chi connectivity index (χ1v) is 5.82. The molecule has 0 aliphatic carbocycles. The van der Waals surface area contributed by atoms with Gasteiger partial charge >= 0.3 is 0 Å². The number of pyridine rings is 1. The summed E-state index contributed by atoms with van der Waals surface area (Å²) in [6, 6.07) is 12.0. The van der Waals surface area contributed by atoms with E-state index in [1.54, 1.807) is 19.5 Å². The average Bonchev–Trinajstić information content (AvgIpc) is 2.46. The molecule has 0 atom stereocenters. The van der Waals surface area contributed by atoms with Crippen molar-refractivity contribution < 1.29 is 4.74 Å². The number of methoxy groups -OCH3 is 1. The molecule has 92 valence electrons. The molecule has 0 spiro atoms. The van der Waals surface area contributed by atoms with E-state index in [-0.39, 0.29) is 0 Å². The first-order valence-electron chi connectivity index (χ1n) is 5.82. The van der Waals surface area contributed by atoms with E-state index in [1.165, 1.54) is 5.56 Å². The summed E-state index contributed by atoms with van der Waals surface area (Å²) >= 11 is 0. The fourth-order valence-electron chi connectivity index (χ4n) is 1.79. The molecule has 1 aromatic heterocycles. The van der Waals surface area contributed by atoms with Crippen LogP contribution in [-0.2, 0) is 6.42 Å². The van der Waals surface area contributed by atoms with Crippen LogP contribution in [0.1, 0.15) is 11.1 Å². The summed E-state index contributed by atoms with van der Waals surface area (Å²) in [5, 5.41) is 0. The van der Waals surface area contributed by atoms with Gasteiger partial charge < -0.3 is 4.74 Å². The number of benzene rings is 1. The Labute approximate surface area is 107 Å². The topological polar surface area (TPSA) is 34.5 Å². The Kier molecular flexibility index (Phi) is 4.07. The number of rotatable bonds is 4. The molecule has 1 aromatic carbocycles. The predicted molar refractivity (Wildman–Crippen MR) is 73.4 cm³/mol. The van der Waals surface area contributed by atoms with Crippen molar-refractivity contribution in [1.29, 1.82) is 0 Å². The smallest absolute Gasteiger partial charge is 0.118 e. The van der Waals surface area contributed by atoms with Gasteiger partial charge in [0.2, 0.25) is 0 Å². The van der Waals surface area contributed by atoms with Crippen molar-refractivity contribution in [1.82, 2.24) is 4.98 Å². The highest BCUT2D eigenvalue weighted by atomic mass is 16.5. The predicted octanol–water partition coefficient (Wildman–Crippen LogP) is 2.75. The first-order chi connectivity index (χ1) is 8.83. The first kappa shape index (κ1) is 12.3. The molecular formula is C15H16N2O. The Bertz CT molecular complexity index is 518. The van der Waals surface area contributed by atoms with E-state index in [1.807, 2.05) is 31.3 Å². The standard InChI is InChI=1S/C15H16N2O/c1-16-15(13-7-9-17-10-8-13)11-12-3-5-14(18-2)6-4-12/h3-10H,11H2,1-2H3. The van der Waals surface area contributed by atoms with Gasteiger partial charge in [-0.05, 0) is 35.4 Å². The van der Waals surface area contributed by atoms with Crippen LogP contribution in [0.2, 0.25) is 0 Å². The van der Waals surface area contributed by atoms with Crippen molar-refractivity contribution in [2.45, 2.75) is 6.42 Å². The molecule has 3 nitrogen and oxygen atoms in total. The van der Waals surface area contributed by atoms with E-state index in [4.69, 9.17) is 4.74 Å². The van der Waals surface area contributed by atoms with Gasteiger partial charge in [-0.1, -0.05) is 12.1 Å². The van der Waals surface area contributed by atoms with E-state index in [2.05, 4.69) is 22.1 Å². The molecule has 0 saturated carbocycles. The van der Waals surface area contributed by atoms with E-state index in [9.17, 15) is 0 Å². The lowest BCUT2D eigenvalue weighted by Gasteiger charge is -2.07. The van der Waals surface area contributed by atoms with Crippen LogP contribution in [0.25, 0.3) is 0 Å². The second kappa shape index (κ2) is 5.96. The number of aromatic nitrogens is 1. The molecule has 0 saturated heterocycles. The van der Waals surface area contributed by atoms with E-state index in [0.717, 1.165) is 23.4 Å². The van der Waals surface area contributed by atoms with Crippen LogP contribution in [0.5, 0.6) is 5.75 Å². The molecule has 0 bridgehead atoms. The molecule has 2 rings (SSSR count). The second-order valence-electron chi connectivity index (χ2n) is 3.93. The summed E-state index contributed by atoms with van der Waals surface area (Å²) in [6.45, 7) is 0. The fraction of sp³-hybridized carbons (Fsp3) is 0.200. The van der Waals surface area contributed by atoms with Gasteiger partial charge in [-0.2, -0.15) is 0 Å². The molecule has 0 radical (unpaired) electrons. The highest BCUT2D eigenvalue weighted by molar-refractivity contribution is 6.01. The maximum atomic E-state index is 5.15. The van der Waals surface area contributed by atoms with Crippen LogP contribution in [-0.4, -0.2) is 24.9 Å².